The molecule has 4 rings (SSSR count). The summed E-state index contributed by atoms with van der Waals surface area (Å²) in [6.45, 7) is 2.53. The van der Waals surface area contributed by atoms with Crippen LogP contribution in [-0.4, -0.2) is 46.7 Å². The fourth-order valence-corrected chi connectivity index (χ4v) is 4.32. The molecule has 2 atom stereocenters. The molecule has 0 radical (unpaired) electrons. The molecule has 0 aromatic carbocycles. The topological polar surface area (TPSA) is 113 Å². The number of fused-ring (bicyclic) bond motifs is 2. The highest BCUT2D eigenvalue weighted by Gasteiger charge is 2.48. The highest BCUT2D eigenvalue weighted by molar-refractivity contribution is 7.80. The zero-order valence-corrected chi connectivity index (χ0v) is 14.0. The normalized spacial score (nSPS) is 33.0. The minimum Gasteiger partial charge on any atom is -0.361 e. The van der Waals surface area contributed by atoms with Crippen LogP contribution < -0.4 is 0 Å². The van der Waals surface area contributed by atoms with Crippen molar-refractivity contribution in [2.24, 2.45) is 5.92 Å². The van der Waals surface area contributed by atoms with Gasteiger partial charge in [0.2, 0.25) is 0 Å². The van der Waals surface area contributed by atoms with Gasteiger partial charge in [-0.15, -0.1) is 4.28 Å². The number of nitrogens with zero attached hydrogens (tertiary/aromatic N) is 3. The maximum atomic E-state index is 12.4. The quantitative estimate of drug-likeness (QED) is 0.818. The molecular formula is C14H19N3O6S. The van der Waals surface area contributed by atoms with Gasteiger partial charge in [0.05, 0.1) is 12.1 Å². The van der Waals surface area contributed by atoms with Crippen molar-refractivity contribution in [2.75, 3.05) is 6.54 Å². The van der Waals surface area contributed by atoms with Crippen LogP contribution in [0.25, 0.3) is 0 Å². The van der Waals surface area contributed by atoms with Gasteiger partial charge < -0.3 is 9.42 Å². The first kappa shape index (κ1) is 15.9. The largest absolute Gasteiger partial charge is 0.418 e. The molecule has 2 amide bonds. The maximum absolute atomic E-state index is 12.4. The van der Waals surface area contributed by atoms with Crippen molar-refractivity contribution in [2.45, 2.75) is 50.6 Å². The van der Waals surface area contributed by atoms with Crippen molar-refractivity contribution in [3.63, 3.8) is 0 Å². The molecule has 3 fully saturated rings. The number of amides is 2. The number of aromatic nitrogens is 1. The van der Waals surface area contributed by atoms with E-state index in [9.17, 15) is 13.2 Å². The van der Waals surface area contributed by atoms with Crippen LogP contribution in [-0.2, 0) is 14.7 Å². The zero-order chi connectivity index (χ0) is 17.1. The lowest BCUT2D eigenvalue weighted by molar-refractivity contribution is -0.0317. The van der Waals surface area contributed by atoms with Crippen LogP contribution >= 0.6 is 0 Å². The van der Waals surface area contributed by atoms with E-state index >= 15 is 0 Å². The number of carbonyl (C=O) groups excluding carboxylic acids is 1. The molecule has 1 aliphatic carbocycles. The Bertz CT molecular complexity index is 756. The Morgan fingerprint density at radius 1 is 1.38 bits per heavy atom. The fourth-order valence-electron chi connectivity index (χ4n) is 3.93. The van der Waals surface area contributed by atoms with E-state index in [4.69, 9.17) is 9.08 Å². The summed E-state index contributed by atoms with van der Waals surface area (Å²) in [5.74, 6) is 1.94. The van der Waals surface area contributed by atoms with Gasteiger partial charge in [0, 0.05) is 18.5 Å². The van der Waals surface area contributed by atoms with Crippen molar-refractivity contribution in [1.29, 1.82) is 0 Å². The Kier molecular flexibility index (Phi) is 3.59. The summed E-state index contributed by atoms with van der Waals surface area (Å²) in [6, 6.07) is 0.663. The standard InChI is InChI=1S/C14H19N3O6S/c1-8-4-9(5-8)13-6-11(15-22-13)12-3-2-10-7-16(12)14(18)17(10)23-24(19,20)21/h6,8-10,12H,2-5,7H2,1H3,(H,19,20,21)/t8?,9?,10-,12+/m1/s1. The summed E-state index contributed by atoms with van der Waals surface area (Å²) in [5, 5.41) is 4.86. The molecule has 1 saturated carbocycles. The maximum Gasteiger partial charge on any atom is 0.418 e. The highest BCUT2D eigenvalue weighted by atomic mass is 32.3. The number of carbonyl (C=O) groups is 1. The van der Waals surface area contributed by atoms with E-state index in [1.54, 1.807) is 0 Å². The minimum atomic E-state index is -4.73. The zero-order valence-electron chi connectivity index (χ0n) is 13.2. The summed E-state index contributed by atoms with van der Waals surface area (Å²) >= 11 is 0. The molecule has 3 heterocycles. The predicted octanol–water partition coefficient (Wildman–Crippen LogP) is 1.86. The Labute approximate surface area is 139 Å². The first-order valence-electron chi connectivity index (χ1n) is 8.05. The third-order valence-electron chi connectivity index (χ3n) is 5.16. The second kappa shape index (κ2) is 5.43. The van der Waals surface area contributed by atoms with Crippen molar-refractivity contribution in [3.8, 4) is 0 Å². The molecule has 3 aliphatic rings. The molecule has 0 unspecified atom stereocenters. The Morgan fingerprint density at radius 2 is 2.12 bits per heavy atom. The molecule has 2 saturated heterocycles. The lowest BCUT2D eigenvalue weighted by Crippen LogP contribution is -2.35. The predicted molar refractivity (Wildman–Crippen MR) is 80.0 cm³/mol. The summed E-state index contributed by atoms with van der Waals surface area (Å²) in [6.07, 6.45) is 3.36. The van der Waals surface area contributed by atoms with E-state index in [2.05, 4.69) is 16.4 Å². The van der Waals surface area contributed by atoms with E-state index in [0.29, 0.717) is 36.9 Å². The molecule has 1 N–H and O–H groups in total. The fraction of sp³-hybridized carbons (Fsp3) is 0.714. The van der Waals surface area contributed by atoms with Gasteiger partial charge in [-0.05, 0) is 31.6 Å². The first-order chi connectivity index (χ1) is 11.3. The van der Waals surface area contributed by atoms with Gasteiger partial charge in [-0.2, -0.15) is 13.5 Å². The average Bonchev–Trinajstić information content (AvgIpc) is 3.04. The molecule has 1 aromatic heterocycles. The smallest absolute Gasteiger partial charge is 0.361 e. The van der Waals surface area contributed by atoms with Gasteiger partial charge >= 0.3 is 16.4 Å². The van der Waals surface area contributed by atoms with Crippen molar-refractivity contribution >= 4 is 16.4 Å². The molecule has 1 aromatic rings. The molecule has 9 nitrogen and oxygen atoms in total. The summed E-state index contributed by atoms with van der Waals surface area (Å²) in [5.41, 5.74) is 0.685. The molecular weight excluding hydrogens is 338 g/mol. The lowest BCUT2D eigenvalue weighted by Gasteiger charge is -2.30. The number of hydrogen-bond acceptors (Lipinski definition) is 6. The first-order valence-corrected chi connectivity index (χ1v) is 9.41. The summed E-state index contributed by atoms with van der Waals surface area (Å²) < 4.78 is 40.5. The Morgan fingerprint density at radius 3 is 2.79 bits per heavy atom. The van der Waals surface area contributed by atoms with Gasteiger partial charge in [0.15, 0.2) is 0 Å². The molecule has 0 spiro atoms. The third-order valence-corrected chi connectivity index (χ3v) is 5.51. The van der Waals surface area contributed by atoms with Crippen molar-refractivity contribution < 1.29 is 26.6 Å². The second-order valence-corrected chi connectivity index (χ2v) is 7.94. The van der Waals surface area contributed by atoms with E-state index in [1.807, 2.05) is 6.07 Å². The third kappa shape index (κ3) is 2.68. The SMILES string of the molecule is CC1CC(c2cc([C@@H]3CC[C@@H]4CN3C(=O)N4OS(=O)(=O)O)no2)C1. The highest BCUT2D eigenvalue weighted by Crippen LogP contribution is 2.43. The van der Waals surface area contributed by atoms with Gasteiger partial charge in [0.1, 0.15) is 11.5 Å². The van der Waals surface area contributed by atoms with E-state index in [-0.39, 0.29) is 6.04 Å². The van der Waals surface area contributed by atoms with Gasteiger partial charge in [-0.1, -0.05) is 12.1 Å². The minimum absolute atomic E-state index is 0.265. The molecule has 24 heavy (non-hydrogen) atoms. The molecule has 2 bridgehead atoms. The second-order valence-electron chi connectivity index (χ2n) is 6.94. The number of rotatable bonds is 4. The van der Waals surface area contributed by atoms with Crippen LogP contribution in [0.15, 0.2) is 10.6 Å². The number of piperidine rings is 1. The summed E-state index contributed by atoms with van der Waals surface area (Å²) in [7, 11) is -4.73. The molecule has 132 valence electrons. The van der Waals surface area contributed by atoms with Gasteiger partial charge in [-0.25, -0.2) is 4.79 Å². The monoisotopic (exact) mass is 357 g/mol. The van der Waals surface area contributed by atoms with E-state index in [1.165, 1.54) is 4.90 Å². The van der Waals surface area contributed by atoms with Gasteiger partial charge in [-0.3, -0.25) is 4.55 Å². The number of hydroxylamine groups is 2. The number of urea groups is 1. The molecule has 2 aliphatic heterocycles. The van der Waals surface area contributed by atoms with Crippen molar-refractivity contribution in [1.82, 2.24) is 15.1 Å². The molecule has 10 heteroatoms. The van der Waals surface area contributed by atoms with E-state index < -0.39 is 22.5 Å². The van der Waals surface area contributed by atoms with Crippen LogP contribution in [0.2, 0.25) is 0 Å². The Balaban J connectivity index is 1.51. The van der Waals surface area contributed by atoms with Crippen molar-refractivity contribution in [3.05, 3.63) is 17.5 Å². The van der Waals surface area contributed by atoms with Crippen LogP contribution in [0.4, 0.5) is 4.79 Å². The van der Waals surface area contributed by atoms with Crippen LogP contribution in [0.3, 0.4) is 0 Å². The summed E-state index contributed by atoms with van der Waals surface area (Å²) in [4.78, 5) is 13.9. The van der Waals surface area contributed by atoms with Crippen LogP contribution in [0.5, 0.6) is 0 Å². The average molecular weight is 357 g/mol. The van der Waals surface area contributed by atoms with Gasteiger partial charge in [0.25, 0.3) is 0 Å². The van der Waals surface area contributed by atoms with Crippen LogP contribution in [0.1, 0.15) is 56.0 Å². The Hall–Kier alpha value is -1.65. The van der Waals surface area contributed by atoms with E-state index in [0.717, 1.165) is 23.7 Å². The van der Waals surface area contributed by atoms with Crippen LogP contribution in [0, 0.1) is 5.92 Å². The number of hydrogen-bond donors (Lipinski definition) is 1. The lowest BCUT2D eigenvalue weighted by atomic mass is 9.75.